The fourth-order valence-corrected chi connectivity index (χ4v) is 2.28. The van der Waals surface area contributed by atoms with E-state index >= 15 is 0 Å². The van der Waals surface area contributed by atoms with Crippen LogP contribution in [0.1, 0.15) is 30.8 Å². The third kappa shape index (κ3) is 4.75. The average Bonchev–Trinajstić information content (AvgIpc) is 2.95. The van der Waals surface area contributed by atoms with E-state index in [1.54, 1.807) is 19.1 Å². The molecule has 1 aliphatic heterocycles. The summed E-state index contributed by atoms with van der Waals surface area (Å²) in [6, 6.07) is 2.77. The van der Waals surface area contributed by atoms with Gasteiger partial charge in [-0.1, -0.05) is 6.92 Å². The number of hydrogen-bond acceptors (Lipinski definition) is 4. The first kappa shape index (κ1) is 17.5. The number of hydrogen-bond donors (Lipinski definition) is 3. The van der Waals surface area contributed by atoms with Gasteiger partial charge in [0.1, 0.15) is 6.04 Å². The van der Waals surface area contributed by atoms with Crippen LogP contribution in [0, 0.1) is 5.92 Å². The van der Waals surface area contributed by atoms with Crippen molar-refractivity contribution >= 4 is 24.2 Å². The maximum absolute atomic E-state index is 12.1. The predicted octanol–water partition coefficient (Wildman–Crippen LogP) is 0.934. The summed E-state index contributed by atoms with van der Waals surface area (Å²) in [4.78, 5) is 23.9. The summed E-state index contributed by atoms with van der Waals surface area (Å²) in [5, 5.41) is 8.91. The van der Waals surface area contributed by atoms with E-state index in [0.29, 0.717) is 5.92 Å². The molecule has 21 heavy (non-hydrogen) atoms. The van der Waals surface area contributed by atoms with Gasteiger partial charge in [-0.15, -0.1) is 12.4 Å². The van der Waals surface area contributed by atoms with Gasteiger partial charge in [0.05, 0.1) is 6.26 Å². The zero-order chi connectivity index (χ0) is 14.5. The van der Waals surface area contributed by atoms with Crippen molar-refractivity contribution in [3.8, 4) is 0 Å². The van der Waals surface area contributed by atoms with Crippen LogP contribution in [0.2, 0.25) is 0 Å². The van der Waals surface area contributed by atoms with E-state index in [0.717, 1.165) is 19.5 Å². The predicted molar refractivity (Wildman–Crippen MR) is 81.5 cm³/mol. The van der Waals surface area contributed by atoms with Gasteiger partial charge in [-0.25, -0.2) is 0 Å². The van der Waals surface area contributed by atoms with E-state index in [9.17, 15) is 9.59 Å². The second-order valence-electron chi connectivity index (χ2n) is 5.26. The maximum atomic E-state index is 12.1. The van der Waals surface area contributed by atoms with Gasteiger partial charge in [-0.05, 0) is 44.5 Å². The van der Waals surface area contributed by atoms with Crippen LogP contribution < -0.4 is 16.0 Å². The normalized spacial score (nSPS) is 22.8. The summed E-state index contributed by atoms with van der Waals surface area (Å²) in [5.41, 5.74) is 0. The van der Waals surface area contributed by atoms with Crippen molar-refractivity contribution in [1.82, 2.24) is 16.0 Å². The van der Waals surface area contributed by atoms with Crippen molar-refractivity contribution < 1.29 is 14.0 Å². The Balaban J connectivity index is 0.00000220. The van der Waals surface area contributed by atoms with Crippen LogP contribution in [-0.4, -0.2) is 37.0 Å². The third-order valence-corrected chi connectivity index (χ3v) is 3.60. The minimum Gasteiger partial charge on any atom is -0.459 e. The van der Waals surface area contributed by atoms with Crippen LogP contribution in [0.15, 0.2) is 22.8 Å². The molecule has 0 aliphatic carbocycles. The molecule has 6 nitrogen and oxygen atoms in total. The fraction of sp³-hybridized carbons (Fsp3) is 0.571. The molecule has 3 atom stereocenters. The molecule has 2 heterocycles. The second-order valence-corrected chi connectivity index (χ2v) is 5.26. The lowest BCUT2D eigenvalue weighted by molar-refractivity contribution is -0.123. The first-order chi connectivity index (χ1) is 9.58. The molecule has 2 rings (SSSR count). The molecule has 3 unspecified atom stereocenters. The van der Waals surface area contributed by atoms with Gasteiger partial charge in [-0.2, -0.15) is 0 Å². The van der Waals surface area contributed by atoms with Crippen LogP contribution in [0.5, 0.6) is 0 Å². The molecule has 2 amide bonds. The molecule has 7 heteroatoms. The number of rotatable bonds is 4. The molecular formula is C14H22ClN3O3. The van der Waals surface area contributed by atoms with Crippen molar-refractivity contribution in [1.29, 1.82) is 0 Å². The molecular weight excluding hydrogens is 294 g/mol. The first-order valence-corrected chi connectivity index (χ1v) is 6.93. The summed E-state index contributed by atoms with van der Waals surface area (Å²) in [6.07, 6.45) is 2.34. The highest BCUT2D eigenvalue weighted by Gasteiger charge is 2.25. The lowest BCUT2D eigenvalue weighted by atomic mass is 9.95. The van der Waals surface area contributed by atoms with Crippen LogP contribution in [0.4, 0.5) is 0 Å². The Morgan fingerprint density at radius 3 is 2.86 bits per heavy atom. The Morgan fingerprint density at radius 1 is 1.48 bits per heavy atom. The zero-order valence-corrected chi connectivity index (χ0v) is 13.0. The largest absolute Gasteiger partial charge is 0.459 e. The van der Waals surface area contributed by atoms with Gasteiger partial charge >= 0.3 is 0 Å². The van der Waals surface area contributed by atoms with E-state index in [1.165, 1.54) is 6.26 Å². The molecule has 1 aromatic rings. The number of carbonyl (C=O) groups excluding carboxylic acids is 2. The van der Waals surface area contributed by atoms with Crippen molar-refractivity contribution in [2.75, 3.05) is 13.1 Å². The molecule has 0 bridgehead atoms. The summed E-state index contributed by atoms with van der Waals surface area (Å²) < 4.78 is 4.99. The highest BCUT2D eigenvalue weighted by atomic mass is 35.5. The summed E-state index contributed by atoms with van der Waals surface area (Å²) in [7, 11) is 0. The molecule has 0 aromatic carbocycles. The SMILES string of the molecule is CC(NC(=O)c1ccco1)C(=O)NC1CCNCC1C.Cl. The molecule has 0 radical (unpaired) electrons. The van der Waals surface area contributed by atoms with Crippen LogP contribution in [-0.2, 0) is 4.79 Å². The Bertz CT molecular complexity index is 464. The molecule has 0 saturated carbocycles. The van der Waals surface area contributed by atoms with Gasteiger partial charge in [0.15, 0.2) is 5.76 Å². The standard InChI is InChI=1S/C14H21N3O3.ClH/c1-9-8-15-6-5-11(9)17-13(18)10(2)16-14(19)12-4-3-7-20-12;/h3-4,7,9-11,15H,5-6,8H2,1-2H3,(H,16,19)(H,17,18);1H. The first-order valence-electron chi connectivity index (χ1n) is 6.93. The van der Waals surface area contributed by atoms with E-state index in [-0.39, 0.29) is 36.0 Å². The number of amides is 2. The molecule has 118 valence electrons. The van der Waals surface area contributed by atoms with Crippen molar-refractivity contribution in [2.24, 2.45) is 5.92 Å². The smallest absolute Gasteiger partial charge is 0.287 e. The van der Waals surface area contributed by atoms with E-state index in [1.807, 2.05) is 0 Å². The van der Waals surface area contributed by atoms with Gasteiger partial charge in [0.25, 0.3) is 5.91 Å². The van der Waals surface area contributed by atoms with E-state index in [4.69, 9.17) is 4.42 Å². The van der Waals surface area contributed by atoms with E-state index in [2.05, 4.69) is 22.9 Å². The lowest BCUT2D eigenvalue weighted by Gasteiger charge is -2.31. The van der Waals surface area contributed by atoms with Crippen LogP contribution >= 0.6 is 12.4 Å². The molecule has 1 fully saturated rings. The molecule has 1 aromatic heterocycles. The lowest BCUT2D eigenvalue weighted by Crippen LogP contribution is -2.53. The highest BCUT2D eigenvalue weighted by Crippen LogP contribution is 2.10. The van der Waals surface area contributed by atoms with Gasteiger partial charge in [0.2, 0.25) is 5.91 Å². The number of nitrogens with one attached hydrogen (secondary N) is 3. The summed E-state index contributed by atoms with van der Waals surface area (Å²) in [5.74, 6) is 0.0558. The molecule has 1 aliphatic rings. The second kappa shape index (κ2) is 8.05. The number of carbonyl (C=O) groups is 2. The molecule has 3 N–H and O–H groups in total. The topological polar surface area (TPSA) is 83.4 Å². The Hall–Kier alpha value is -1.53. The highest BCUT2D eigenvalue weighted by molar-refractivity contribution is 5.95. The van der Waals surface area contributed by atoms with Crippen molar-refractivity contribution in [3.05, 3.63) is 24.2 Å². The summed E-state index contributed by atoms with van der Waals surface area (Å²) in [6.45, 7) is 5.58. The minimum atomic E-state index is -0.588. The molecule has 0 spiro atoms. The quantitative estimate of drug-likeness (QED) is 0.772. The zero-order valence-electron chi connectivity index (χ0n) is 12.2. The Kier molecular flexibility index (Phi) is 6.71. The van der Waals surface area contributed by atoms with E-state index < -0.39 is 6.04 Å². The number of piperidine rings is 1. The van der Waals surface area contributed by atoms with Crippen LogP contribution in [0.25, 0.3) is 0 Å². The molecule has 1 saturated heterocycles. The van der Waals surface area contributed by atoms with Gasteiger partial charge in [0, 0.05) is 6.04 Å². The Labute approximate surface area is 130 Å². The van der Waals surface area contributed by atoms with Crippen LogP contribution in [0.3, 0.4) is 0 Å². The number of furan rings is 1. The monoisotopic (exact) mass is 315 g/mol. The van der Waals surface area contributed by atoms with Crippen molar-refractivity contribution in [2.45, 2.75) is 32.4 Å². The summed E-state index contributed by atoms with van der Waals surface area (Å²) >= 11 is 0. The Morgan fingerprint density at radius 2 is 2.24 bits per heavy atom. The average molecular weight is 316 g/mol. The minimum absolute atomic E-state index is 0. The van der Waals surface area contributed by atoms with Gasteiger partial charge < -0.3 is 20.4 Å². The van der Waals surface area contributed by atoms with Crippen molar-refractivity contribution in [3.63, 3.8) is 0 Å². The third-order valence-electron chi connectivity index (χ3n) is 3.60. The number of halogens is 1. The maximum Gasteiger partial charge on any atom is 0.287 e. The van der Waals surface area contributed by atoms with Gasteiger partial charge in [-0.3, -0.25) is 9.59 Å². The fourth-order valence-electron chi connectivity index (χ4n) is 2.28.